The second kappa shape index (κ2) is 7.71. The summed E-state index contributed by atoms with van der Waals surface area (Å²) in [5.41, 5.74) is 4.07. The van der Waals surface area contributed by atoms with E-state index in [1.165, 1.54) is 55.4 Å². The average Bonchev–Trinajstić information content (AvgIpc) is 3.08. The van der Waals surface area contributed by atoms with Crippen LogP contribution in [0.1, 0.15) is 50.0 Å². The van der Waals surface area contributed by atoms with Gasteiger partial charge in [0.15, 0.2) is 5.06 Å². The fourth-order valence-electron chi connectivity index (χ4n) is 3.99. The third-order valence-corrected chi connectivity index (χ3v) is 7.35. The summed E-state index contributed by atoms with van der Waals surface area (Å²) in [5, 5.41) is 0.886. The van der Waals surface area contributed by atoms with Crippen molar-refractivity contribution in [2.45, 2.75) is 44.4 Å². The summed E-state index contributed by atoms with van der Waals surface area (Å²) in [6, 6.07) is 18.2. The van der Waals surface area contributed by atoms with Gasteiger partial charge < -0.3 is 4.74 Å². The normalized spacial score (nSPS) is 17.2. The number of benzene rings is 2. The molecule has 0 spiro atoms. The van der Waals surface area contributed by atoms with Crippen molar-refractivity contribution in [1.29, 1.82) is 0 Å². The molecular formula is C25H25FOS. The van der Waals surface area contributed by atoms with Crippen LogP contribution in [0.15, 0.2) is 54.6 Å². The molecule has 1 nitrogen and oxygen atoms in total. The summed E-state index contributed by atoms with van der Waals surface area (Å²) in [7, 11) is 0. The van der Waals surface area contributed by atoms with E-state index in [1.807, 2.05) is 24.3 Å². The molecule has 28 heavy (non-hydrogen) atoms. The van der Waals surface area contributed by atoms with Gasteiger partial charge in [0.05, 0.1) is 6.61 Å². The zero-order valence-electron chi connectivity index (χ0n) is 16.0. The van der Waals surface area contributed by atoms with Crippen LogP contribution in [0.4, 0.5) is 4.39 Å². The monoisotopic (exact) mass is 392 g/mol. The molecule has 0 amide bonds. The Morgan fingerprint density at radius 1 is 0.857 bits per heavy atom. The van der Waals surface area contributed by atoms with E-state index < -0.39 is 0 Å². The number of thiophene rings is 1. The zero-order chi connectivity index (χ0) is 18.9. The predicted molar refractivity (Wildman–Crippen MR) is 115 cm³/mol. The Morgan fingerprint density at radius 3 is 2.25 bits per heavy atom. The van der Waals surface area contributed by atoms with E-state index in [0.717, 1.165) is 33.6 Å². The van der Waals surface area contributed by atoms with Crippen LogP contribution >= 0.6 is 11.3 Å². The minimum atomic E-state index is -0.173. The molecule has 0 saturated heterocycles. The molecule has 0 atom stereocenters. The zero-order valence-corrected chi connectivity index (χ0v) is 16.8. The third-order valence-electron chi connectivity index (χ3n) is 6.32. The van der Waals surface area contributed by atoms with E-state index in [0.29, 0.717) is 11.5 Å². The maximum Gasteiger partial charge on any atom is 0.174 e. The number of hydrogen-bond acceptors (Lipinski definition) is 2. The molecule has 0 radical (unpaired) electrons. The second-order valence-electron chi connectivity index (χ2n) is 8.17. The summed E-state index contributed by atoms with van der Waals surface area (Å²) in [4.78, 5) is 0.924. The standard InChI is InChI=1S/C25H25FOS/c26-23-15-21(20-9-7-19(8-10-20)18-5-2-6-18)11-12-22(23)24-13-14-25(28-24)27-16-17-3-1-4-17/h7-15,17-18H,1-6,16H2. The fraction of sp³-hybridized carbons (Fsp3) is 0.360. The predicted octanol–water partition coefficient (Wildman–Crippen LogP) is 7.67. The first-order valence-corrected chi connectivity index (χ1v) is 11.2. The molecule has 0 N–H and O–H groups in total. The van der Waals surface area contributed by atoms with Gasteiger partial charge in [-0.05, 0) is 78.5 Å². The van der Waals surface area contributed by atoms with Crippen molar-refractivity contribution in [3.63, 3.8) is 0 Å². The van der Waals surface area contributed by atoms with E-state index in [1.54, 1.807) is 6.07 Å². The lowest BCUT2D eigenvalue weighted by Gasteiger charge is -2.25. The molecule has 2 saturated carbocycles. The molecule has 2 aliphatic rings. The van der Waals surface area contributed by atoms with E-state index in [4.69, 9.17) is 4.74 Å². The van der Waals surface area contributed by atoms with Crippen molar-refractivity contribution in [1.82, 2.24) is 0 Å². The molecule has 0 bridgehead atoms. The number of halogens is 1. The van der Waals surface area contributed by atoms with Crippen LogP contribution in [0, 0.1) is 11.7 Å². The fourth-order valence-corrected chi connectivity index (χ4v) is 4.88. The molecule has 3 heteroatoms. The van der Waals surface area contributed by atoms with Crippen LogP contribution in [-0.4, -0.2) is 6.61 Å². The van der Waals surface area contributed by atoms with Crippen LogP contribution < -0.4 is 4.74 Å². The summed E-state index contributed by atoms with van der Waals surface area (Å²) < 4.78 is 20.7. The first-order valence-electron chi connectivity index (χ1n) is 10.4. The highest BCUT2D eigenvalue weighted by Gasteiger charge is 2.20. The average molecular weight is 393 g/mol. The number of rotatable bonds is 6. The topological polar surface area (TPSA) is 9.23 Å². The van der Waals surface area contributed by atoms with Gasteiger partial charge in [-0.25, -0.2) is 4.39 Å². The van der Waals surface area contributed by atoms with Gasteiger partial charge in [-0.15, -0.1) is 0 Å². The van der Waals surface area contributed by atoms with Crippen LogP contribution in [0.5, 0.6) is 5.06 Å². The highest BCUT2D eigenvalue weighted by atomic mass is 32.1. The second-order valence-corrected chi connectivity index (χ2v) is 9.22. The molecular weight excluding hydrogens is 367 g/mol. The smallest absolute Gasteiger partial charge is 0.174 e. The van der Waals surface area contributed by atoms with Gasteiger partial charge >= 0.3 is 0 Å². The van der Waals surface area contributed by atoms with E-state index in [9.17, 15) is 4.39 Å². The van der Waals surface area contributed by atoms with Gasteiger partial charge in [0.25, 0.3) is 0 Å². The molecule has 0 aliphatic heterocycles. The quantitative estimate of drug-likeness (QED) is 0.418. The summed E-state index contributed by atoms with van der Waals surface area (Å²) in [5.74, 6) is 1.26. The molecule has 1 heterocycles. The Bertz CT molecular complexity index is 951. The molecule has 2 fully saturated rings. The molecule has 0 unspecified atom stereocenters. The Kier molecular flexibility index (Phi) is 4.94. The van der Waals surface area contributed by atoms with E-state index in [-0.39, 0.29) is 5.82 Å². The van der Waals surface area contributed by atoms with Gasteiger partial charge in [-0.1, -0.05) is 54.5 Å². The molecule has 2 aromatic carbocycles. The molecule has 1 aromatic heterocycles. The summed E-state index contributed by atoms with van der Waals surface area (Å²) in [6.45, 7) is 0.790. The van der Waals surface area contributed by atoms with Gasteiger partial charge in [0, 0.05) is 10.4 Å². The first kappa shape index (κ1) is 17.9. The Balaban J connectivity index is 1.31. The Labute approximate surface area is 170 Å². The van der Waals surface area contributed by atoms with Gasteiger partial charge in [0.2, 0.25) is 0 Å². The minimum absolute atomic E-state index is 0.173. The van der Waals surface area contributed by atoms with Crippen molar-refractivity contribution >= 4 is 11.3 Å². The maximum absolute atomic E-state index is 14.8. The van der Waals surface area contributed by atoms with Crippen molar-refractivity contribution in [2.24, 2.45) is 5.92 Å². The lowest BCUT2D eigenvalue weighted by atomic mass is 9.80. The van der Waals surface area contributed by atoms with Gasteiger partial charge in [0.1, 0.15) is 5.82 Å². The lowest BCUT2D eigenvalue weighted by molar-refractivity contribution is 0.184. The van der Waals surface area contributed by atoms with Crippen LogP contribution in [0.2, 0.25) is 0 Å². The van der Waals surface area contributed by atoms with Gasteiger partial charge in [-0.2, -0.15) is 0 Å². The van der Waals surface area contributed by atoms with E-state index >= 15 is 0 Å². The largest absolute Gasteiger partial charge is 0.484 e. The Morgan fingerprint density at radius 2 is 1.61 bits per heavy atom. The third kappa shape index (κ3) is 3.60. The van der Waals surface area contributed by atoms with Crippen LogP contribution in [0.3, 0.4) is 0 Å². The minimum Gasteiger partial charge on any atom is -0.484 e. The summed E-state index contributed by atoms with van der Waals surface area (Å²) >= 11 is 1.53. The van der Waals surface area contributed by atoms with Crippen LogP contribution in [0.25, 0.3) is 21.6 Å². The van der Waals surface area contributed by atoms with Crippen LogP contribution in [-0.2, 0) is 0 Å². The maximum atomic E-state index is 14.8. The number of ether oxygens (including phenoxy) is 1. The Hall–Kier alpha value is -2.13. The first-order chi connectivity index (χ1) is 13.8. The van der Waals surface area contributed by atoms with E-state index in [2.05, 4.69) is 24.3 Å². The highest BCUT2D eigenvalue weighted by Crippen LogP contribution is 2.38. The molecule has 3 aromatic rings. The number of hydrogen-bond donors (Lipinski definition) is 0. The van der Waals surface area contributed by atoms with Crippen molar-refractivity contribution in [3.05, 3.63) is 66.0 Å². The van der Waals surface area contributed by atoms with Crippen molar-refractivity contribution < 1.29 is 9.13 Å². The lowest BCUT2D eigenvalue weighted by Crippen LogP contribution is -2.18. The highest BCUT2D eigenvalue weighted by molar-refractivity contribution is 7.17. The summed E-state index contributed by atoms with van der Waals surface area (Å²) in [6.07, 6.45) is 7.82. The molecule has 144 valence electrons. The van der Waals surface area contributed by atoms with Gasteiger partial charge in [-0.3, -0.25) is 0 Å². The molecule has 2 aliphatic carbocycles. The SMILES string of the molecule is Fc1cc(-c2ccc(C3CCC3)cc2)ccc1-c1ccc(OCC2CCC2)s1. The molecule has 5 rings (SSSR count). The van der Waals surface area contributed by atoms with Crippen molar-refractivity contribution in [3.8, 4) is 26.6 Å². The van der Waals surface area contributed by atoms with Crippen molar-refractivity contribution in [2.75, 3.05) is 6.61 Å².